The molecule has 0 unspecified atom stereocenters. The summed E-state index contributed by atoms with van der Waals surface area (Å²) in [6.45, 7) is 0.773. The van der Waals surface area contributed by atoms with E-state index in [2.05, 4.69) is 4.99 Å². The van der Waals surface area contributed by atoms with Crippen molar-refractivity contribution in [3.63, 3.8) is 0 Å². The van der Waals surface area contributed by atoms with Gasteiger partial charge in [0.15, 0.2) is 5.96 Å². The van der Waals surface area contributed by atoms with Gasteiger partial charge in [0, 0.05) is 13.0 Å². The van der Waals surface area contributed by atoms with Crippen LogP contribution < -0.4 is 11.5 Å². The lowest BCUT2D eigenvalue weighted by atomic mass is 10.2. The summed E-state index contributed by atoms with van der Waals surface area (Å²) in [5, 5.41) is 0. The summed E-state index contributed by atoms with van der Waals surface area (Å²) in [5.41, 5.74) is 10.8. The fourth-order valence-electron chi connectivity index (χ4n) is 1.10. The van der Waals surface area contributed by atoms with Crippen LogP contribution in [0.1, 0.15) is 16.8 Å². The molecule has 0 fully saturated rings. The molecule has 0 amide bonds. The minimum Gasteiger partial charge on any atom is -0.462 e. The Labute approximate surface area is 94.1 Å². The summed E-state index contributed by atoms with van der Waals surface area (Å²) < 4.78 is 5.02. The normalized spacial score (nSPS) is 9.50. The number of hydrogen-bond acceptors (Lipinski definition) is 3. The molecule has 16 heavy (non-hydrogen) atoms. The summed E-state index contributed by atoms with van der Waals surface area (Å²) >= 11 is 0. The van der Waals surface area contributed by atoms with Crippen LogP contribution in [0.2, 0.25) is 0 Å². The molecule has 1 aromatic rings. The second-order valence-corrected chi connectivity index (χ2v) is 3.16. The third-order valence-electron chi connectivity index (χ3n) is 1.84. The molecule has 0 radical (unpaired) electrons. The van der Waals surface area contributed by atoms with Crippen molar-refractivity contribution in [2.75, 3.05) is 13.2 Å². The molecule has 0 aromatic heterocycles. The van der Waals surface area contributed by atoms with Gasteiger partial charge >= 0.3 is 5.97 Å². The molecule has 1 aromatic carbocycles. The molecule has 0 saturated heterocycles. The van der Waals surface area contributed by atoms with E-state index in [1.807, 2.05) is 6.07 Å². The second kappa shape index (κ2) is 6.44. The lowest BCUT2D eigenvalue weighted by Crippen LogP contribution is -2.23. The van der Waals surface area contributed by atoms with Crippen molar-refractivity contribution < 1.29 is 9.53 Å². The first kappa shape index (κ1) is 12.0. The van der Waals surface area contributed by atoms with Gasteiger partial charge in [-0.25, -0.2) is 4.79 Å². The quantitative estimate of drug-likeness (QED) is 0.328. The number of carbonyl (C=O) groups excluding carboxylic acids is 1. The van der Waals surface area contributed by atoms with Gasteiger partial charge in [-0.05, 0) is 12.1 Å². The van der Waals surface area contributed by atoms with E-state index in [1.54, 1.807) is 24.3 Å². The average molecular weight is 221 g/mol. The standard InChI is InChI=1S/C11H15N3O2/c12-11(13)14-7-4-8-16-10(15)9-5-2-1-3-6-9/h1-3,5-6H,4,7-8H2,(H4,12,13,14). The summed E-state index contributed by atoms with van der Waals surface area (Å²) in [6.07, 6.45) is 0.608. The Morgan fingerprint density at radius 2 is 1.94 bits per heavy atom. The van der Waals surface area contributed by atoms with Gasteiger partial charge in [-0.1, -0.05) is 18.2 Å². The van der Waals surface area contributed by atoms with Crippen molar-refractivity contribution in [3.05, 3.63) is 35.9 Å². The van der Waals surface area contributed by atoms with Crippen molar-refractivity contribution in [1.29, 1.82) is 0 Å². The van der Waals surface area contributed by atoms with Crippen molar-refractivity contribution in [2.45, 2.75) is 6.42 Å². The Bertz CT molecular complexity index is 359. The maximum absolute atomic E-state index is 11.4. The number of nitrogens with zero attached hydrogens (tertiary/aromatic N) is 1. The number of guanidine groups is 1. The maximum Gasteiger partial charge on any atom is 0.338 e. The van der Waals surface area contributed by atoms with Gasteiger partial charge in [0.1, 0.15) is 0 Å². The highest BCUT2D eigenvalue weighted by Crippen LogP contribution is 2.01. The van der Waals surface area contributed by atoms with Gasteiger partial charge < -0.3 is 16.2 Å². The van der Waals surface area contributed by atoms with E-state index in [9.17, 15) is 4.79 Å². The number of esters is 1. The molecule has 0 atom stereocenters. The van der Waals surface area contributed by atoms with Crippen LogP contribution in [0.15, 0.2) is 35.3 Å². The van der Waals surface area contributed by atoms with E-state index in [1.165, 1.54) is 0 Å². The zero-order valence-corrected chi connectivity index (χ0v) is 8.93. The summed E-state index contributed by atoms with van der Waals surface area (Å²) in [7, 11) is 0. The molecular weight excluding hydrogens is 206 g/mol. The molecule has 5 heteroatoms. The Kier molecular flexibility index (Phi) is 4.85. The number of hydrogen-bond donors (Lipinski definition) is 2. The van der Waals surface area contributed by atoms with E-state index < -0.39 is 0 Å². The van der Waals surface area contributed by atoms with E-state index >= 15 is 0 Å². The molecule has 0 saturated carbocycles. The number of ether oxygens (including phenoxy) is 1. The van der Waals surface area contributed by atoms with E-state index in [-0.39, 0.29) is 11.9 Å². The molecule has 0 aliphatic carbocycles. The monoisotopic (exact) mass is 221 g/mol. The molecule has 0 bridgehead atoms. The van der Waals surface area contributed by atoms with Crippen molar-refractivity contribution in [2.24, 2.45) is 16.5 Å². The van der Waals surface area contributed by atoms with Crippen LogP contribution in [-0.2, 0) is 4.74 Å². The Balaban J connectivity index is 2.24. The Morgan fingerprint density at radius 1 is 1.25 bits per heavy atom. The van der Waals surface area contributed by atoms with Gasteiger partial charge in [0.25, 0.3) is 0 Å². The van der Waals surface area contributed by atoms with Gasteiger partial charge in [0.2, 0.25) is 0 Å². The topological polar surface area (TPSA) is 90.7 Å². The third-order valence-corrected chi connectivity index (χ3v) is 1.84. The lowest BCUT2D eigenvalue weighted by Gasteiger charge is -2.03. The average Bonchev–Trinajstić information content (AvgIpc) is 2.29. The number of rotatable bonds is 5. The highest BCUT2D eigenvalue weighted by molar-refractivity contribution is 5.89. The van der Waals surface area contributed by atoms with E-state index in [0.29, 0.717) is 25.1 Å². The largest absolute Gasteiger partial charge is 0.462 e. The number of carbonyl (C=O) groups is 1. The third kappa shape index (κ3) is 4.45. The first-order chi connectivity index (χ1) is 7.70. The van der Waals surface area contributed by atoms with Crippen LogP contribution >= 0.6 is 0 Å². The minimum absolute atomic E-state index is 0.0504. The minimum atomic E-state index is -0.328. The van der Waals surface area contributed by atoms with Crippen LogP contribution in [0, 0.1) is 0 Å². The highest BCUT2D eigenvalue weighted by atomic mass is 16.5. The zero-order chi connectivity index (χ0) is 11.8. The van der Waals surface area contributed by atoms with Crippen molar-refractivity contribution in [1.82, 2.24) is 0 Å². The smallest absolute Gasteiger partial charge is 0.338 e. The van der Waals surface area contributed by atoms with Crippen LogP contribution in [0.4, 0.5) is 0 Å². The first-order valence-corrected chi connectivity index (χ1v) is 4.97. The Morgan fingerprint density at radius 3 is 2.56 bits per heavy atom. The van der Waals surface area contributed by atoms with Gasteiger partial charge in [-0.15, -0.1) is 0 Å². The van der Waals surface area contributed by atoms with Crippen molar-refractivity contribution >= 4 is 11.9 Å². The molecule has 0 aliphatic rings. The van der Waals surface area contributed by atoms with Crippen LogP contribution in [0.3, 0.4) is 0 Å². The van der Waals surface area contributed by atoms with Gasteiger partial charge in [-0.3, -0.25) is 4.99 Å². The van der Waals surface area contributed by atoms with Gasteiger partial charge in [-0.2, -0.15) is 0 Å². The zero-order valence-electron chi connectivity index (χ0n) is 8.93. The fraction of sp³-hybridized carbons (Fsp3) is 0.273. The lowest BCUT2D eigenvalue weighted by molar-refractivity contribution is 0.0503. The maximum atomic E-state index is 11.4. The van der Waals surface area contributed by atoms with E-state index in [4.69, 9.17) is 16.2 Å². The van der Waals surface area contributed by atoms with E-state index in [0.717, 1.165) is 0 Å². The molecule has 86 valence electrons. The molecule has 0 spiro atoms. The van der Waals surface area contributed by atoms with Crippen molar-refractivity contribution in [3.8, 4) is 0 Å². The molecule has 5 nitrogen and oxygen atoms in total. The predicted octanol–water partition coefficient (Wildman–Crippen LogP) is 0.507. The SMILES string of the molecule is NC(N)=NCCCOC(=O)c1ccccc1. The second-order valence-electron chi connectivity index (χ2n) is 3.16. The fourth-order valence-corrected chi connectivity index (χ4v) is 1.10. The highest BCUT2D eigenvalue weighted by Gasteiger charge is 2.04. The molecule has 0 heterocycles. The molecular formula is C11H15N3O2. The predicted molar refractivity (Wildman–Crippen MR) is 62.0 cm³/mol. The summed E-state index contributed by atoms with van der Waals surface area (Å²) in [5.74, 6) is -0.278. The summed E-state index contributed by atoms with van der Waals surface area (Å²) in [4.78, 5) is 15.2. The number of benzene rings is 1. The Hall–Kier alpha value is -2.04. The molecule has 4 N–H and O–H groups in total. The van der Waals surface area contributed by atoms with Crippen LogP contribution in [-0.4, -0.2) is 25.1 Å². The summed E-state index contributed by atoms with van der Waals surface area (Å²) in [6, 6.07) is 8.83. The van der Waals surface area contributed by atoms with Crippen LogP contribution in [0.25, 0.3) is 0 Å². The van der Waals surface area contributed by atoms with Crippen LogP contribution in [0.5, 0.6) is 0 Å². The molecule has 1 rings (SSSR count). The molecule has 0 aliphatic heterocycles. The number of aliphatic imine (C=N–C) groups is 1. The first-order valence-electron chi connectivity index (χ1n) is 4.97. The number of nitrogens with two attached hydrogens (primary N) is 2. The van der Waals surface area contributed by atoms with Gasteiger partial charge in [0.05, 0.1) is 12.2 Å².